The molecule has 1 saturated heterocycles. The normalized spacial score (nSPS) is 43.1. The van der Waals surface area contributed by atoms with Crippen LogP contribution in [0, 0.1) is 34.5 Å². The molecule has 6 rings (SSSR count). The third-order valence-electron chi connectivity index (χ3n) is 12.0. The van der Waals surface area contributed by atoms with Gasteiger partial charge in [0.15, 0.2) is 0 Å². The SMILES string of the molecule is C[C@]12CC[C@H](COC(=O)CN3CCOCC3)C[C@H]1CC[C@@H]1[C@@H]2CC[C@]2(C)[C@@H](c3ccc(=O)oc3)CC[C@]12O. The lowest BCUT2D eigenvalue weighted by atomic mass is 9.43. The number of hydrogen-bond acceptors (Lipinski definition) is 7. The van der Waals surface area contributed by atoms with Gasteiger partial charge in [-0.1, -0.05) is 13.8 Å². The van der Waals surface area contributed by atoms with E-state index in [1.165, 1.54) is 6.07 Å². The number of aliphatic hydroxyl groups is 1. The molecular formula is C31H45NO6. The summed E-state index contributed by atoms with van der Waals surface area (Å²) in [5.41, 5.74) is 0.126. The maximum atomic E-state index is 12.5. The van der Waals surface area contributed by atoms with Crippen molar-refractivity contribution in [3.8, 4) is 0 Å². The summed E-state index contributed by atoms with van der Waals surface area (Å²) in [6.07, 6.45) is 11.2. The van der Waals surface area contributed by atoms with Crippen molar-refractivity contribution >= 4 is 5.97 Å². The Morgan fingerprint density at radius 1 is 1.05 bits per heavy atom. The molecule has 1 aromatic rings. The summed E-state index contributed by atoms with van der Waals surface area (Å²) in [6.45, 7) is 8.69. The number of morpholine rings is 1. The number of ether oxygens (including phenoxy) is 2. The Balaban J connectivity index is 1.10. The van der Waals surface area contributed by atoms with Crippen LogP contribution in [-0.2, 0) is 14.3 Å². The summed E-state index contributed by atoms with van der Waals surface area (Å²) >= 11 is 0. The van der Waals surface area contributed by atoms with Crippen molar-refractivity contribution in [3.05, 3.63) is 34.4 Å². The summed E-state index contributed by atoms with van der Waals surface area (Å²) in [6, 6.07) is 3.43. The van der Waals surface area contributed by atoms with Crippen LogP contribution in [0.4, 0.5) is 0 Å². The number of nitrogens with zero attached hydrogens (tertiary/aromatic N) is 1. The predicted molar refractivity (Wildman–Crippen MR) is 143 cm³/mol. The Hall–Kier alpha value is -1.70. The standard InChI is InChI=1S/C31H45NO6/c1-29-10-7-21(19-37-28(34)18-32-13-15-36-16-14-32)17-23(29)4-5-26-25(29)8-11-30(2)24(9-12-31(26,30)35)22-3-6-27(33)38-20-22/h3,6,20-21,23-26,35H,4-5,7-19H2,1-2H3/t21-,23+,24+,25-,26+,29-,30+,31-/m0/s1. The molecule has 1 aliphatic heterocycles. The van der Waals surface area contributed by atoms with E-state index in [0.29, 0.717) is 50.0 Å². The molecule has 4 aliphatic carbocycles. The number of esters is 1. The van der Waals surface area contributed by atoms with Crippen LogP contribution in [0.3, 0.4) is 0 Å². The van der Waals surface area contributed by atoms with Crippen LogP contribution in [0.2, 0.25) is 0 Å². The highest BCUT2D eigenvalue weighted by Gasteiger charge is 2.67. The number of carbonyl (C=O) groups excluding carboxylic acids is 1. The Bertz CT molecular complexity index is 1060. The van der Waals surface area contributed by atoms with Crippen LogP contribution >= 0.6 is 0 Å². The van der Waals surface area contributed by atoms with Crippen molar-refractivity contribution in [1.82, 2.24) is 4.90 Å². The zero-order chi connectivity index (χ0) is 26.5. The zero-order valence-electron chi connectivity index (χ0n) is 23.2. The van der Waals surface area contributed by atoms with E-state index in [1.54, 1.807) is 6.26 Å². The van der Waals surface area contributed by atoms with Gasteiger partial charge < -0.3 is 19.0 Å². The van der Waals surface area contributed by atoms with Gasteiger partial charge in [0.25, 0.3) is 0 Å². The van der Waals surface area contributed by atoms with Gasteiger partial charge in [-0.05, 0) is 104 Å². The molecule has 5 fully saturated rings. The lowest BCUT2D eigenvalue weighted by Gasteiger charge is -2.63. The van der Waals surface area contributed by atoms with Crippen molar-refractivity contribution < 1.29 is 23.8 Å². The van der Waals surface area contributed by atoms with Gasteiger partial charge in [-0.2, -0.15) is 0 Å². The molecule has 1 aromatic heterocycles. The first-order chi connectivity index (χ1) is 18.2. The van der Waals surface area contributed by atoms with Crippen molar-refractivity contribution in [2.24, 2.45) is 34.5 Å². The molecule has 0 bridgehead atoms. The van der Waals surface area contributed by atoms with Crippen LogP contribution in [-0.4, -0.2) is 61.0 Å². The van der Waals surface area contributed by atoms with E-state index in [2.05, 4.69) is 18.7 Å². The van der Waals surface area contributed by atoms with E-state index in [0.717, 1.165) is 76.4 Å². The Kier molecular flexibility index (Phi) is 7.01. The zero-order valence-corrected chi connectivity index (χ0v) is 23.2. The molecule has 0 amide bonds. The molecule has 0 aromatic carbocycles. The molecule has 8 atom stereocenters. The number of fused-ring (bicyclic) bond motifs is 5. The largest absolute Gasteiger partial charge is 0.464 e. The molecular weight excluding hydrogens is 482 g/mol. The van der Waals surface area contributed by atoms with Crippen molar-refractivity contribution in [3.63, 3.8) is 0 Å². The molecule has 7 heteroatoms. The summed E-state index contributed by atoms with van der Waals surface area (Å²) in [7, 11) is 0. The van der Waals surface area contributed by atoms with E-state index in [9.17, 15) is 14.7 Å². The highest BCUT2D eigenvalue weighted by molar-refractivity contribution is 5.71. The fraction of sp³-hybridized carbons (Fsp3) is 0.806. The molecule has 0 radical (unpaired) electrons. The monoisotopic (exact) mass is 527 g/mol. The second-order valence-electron chi connectivity index (χ2n) is 13.6. The van der Waals surface area contributed by atoms with Crippen LogP contribution in [0.5, 0.6) is 0 Å². The molecule has 5 aliphatic rings. The first-order valence-corrected chi connectivity index (χ1v) is 15.0. The Labute approximate surface area is 226 Å². The average Bonchev–Trinajstić information content (AvgIpc) is 3.19. The fourth-order valence-corrected chi connectivity index (χ4v) is 9.77. The molecule has 0 unspecified atom stereocenters. The third kappa shape index (κ3) is 4.37. The Morgan fingerprint density at radius 3 is 2.63 bits per heavy atom. The van der Waals surface area contributed by atoms with Gasteiger partial charge in [-0.15, -0.1) is 0 Å². The van der Waals surface area contributed by atoms with E-state index in [1.807, 2.05) is 6.07 Å². The smallest absolute Gasteiger partial charge is 0.335 e. The quantitative estimate of drug-likeness (QED) is 0.569. The molecule has 7 nitrogen and oxygen atoms in total. The highest BCUT2D eigenvalue weighted by Crippen LogP contribution is 2.70. The molecule has 4 saturated carbocycles. The minimum absolute atomic E-state index is 0.105. The topological polar surface area (TPSA) is 89.2 Å². The van der Waals surface area contributed by atoms with Gasteiger partial charge in [0.1, 0.15) is 0 Å². The van der Waals surface area contributed by atoms with Crippen molar-refractivity contribution in [2.75, 3.05) is 39.5 Å². The maximum absolute atomic E-state index is 12.5. The van der Waals surface area contributed by atoms with E-state index >= 15 is 0 Å². The van der Waals surface area contributed by atoms with Gasteiger partial charge in [0.2, 0.25) is 0 Å². The number of rotatable bonds is 5. The molecule has 210 valence electrons. The molecule has 2 heterocycles. The van der Waals surface area contributed by atoms with Crippen molar-refractivity contribution in [1.29, 1.82) is 0 Å². The van der Waals surface area contributed by atoms with Gasteiger partial charge in [-0.3, -0.25) is 9.69 Å². The first-order valence-electron chi connectivity index (χ1n) is 15.0. The van der Waals surface area contributed by atoms with Crippen molar-refractivity contribution in [2.45, 2.75) is 83.2 Å². The van der Waals surface area contributed by atoms with E-state index in [4.69, 9.17) is 13.9 Å². The average molecular weight is 528 g/mol. The molecule has 38 heavy (non-hydrogen) atoms. The van der Waals surface area contributed by atoms with Crippen LogP contribution in [0.25, 0.3) is 0 Å². The van der Waals surface area contributed by atoms with Gasteiger partial charge in [0.05, 0.1) is 38.2 Å². The summed E-state index contributed by atoms with van der Waals surface area (Å²) in [4.78, 5) is 26.1. The fourth-order valence-electron chi connectivity index (χ4n) is 9.77. The minimum atomic E-state index is -0.670. The lowest BCUT2D eigenvalue weighted by molar-refractivity contribution is -0.204. The third-order valence-corrected chi connectivity index (χ3v) is 12.0. The number of hydrogen-bond donors (Lipinski definition) is 1. The summed E-state index contributed by atoms with van der Waals surface area (Å²) in [5.74, 6) is 2.06. The maximum Gasteiger partial charge on any atom is 0.335 e. The number of carbonyl (C=O) groups is 1. The first kappa shape index (κ1) is 26.5. The van der Waals surface area contributed by atoms with E-state index < -0.39 is 5.60 Å². The van der Waals surface area contributed by atoms with Crippen LogP contribution < -0.4 is 5.63 Å². The van der Waals surface area contributed by atoms with Crippen LogP contribution in [0.1, 0.15) is 83.1 Å². The summed E-state index contributed by atoms with van der Waals surface area (Å²) < 4.78 is 16.4. The molecule has 0 spiro atoms. The second kappa shape index (κ2) is 10.0. The van der Waals surface area contributed by atoms with E-state index in [-0.39, 0.29) is 28.3 Å². The summed E-state index contributed by atoms with van der Waals surface area (Å²) in [5, 5.41) is 12.4. The Morgan fingerprint density at radius 2 is 1.87 bits per heavy atom. The second-order valence-corrected chi connectivity index (χ2v) is 13.6. The van der Waals surface area contributed by atoms with Gasteiger partial charge in [-0.25, -0.2) is 4.79 Å². The minimum Gasteiger partial charge on any atom is -0.464 e. The molecule has 1 N–H and O–H groups in total. The highest BCUT2D eigenvalue weighted by atomic mass is 16.5. The lowest BCUT2D eigenvalue weighted by Crippen LogP contribution is -2.61. The predicted octanol–water partition coefficient (Wildman–Crippen LogP) is 4.37. The van der Waals surface area contributed by atoms with Gasteiger partial charge in [0, 0.05) is 24.6 Å². The van der Waals surface area contributed by atoms with Crippen LogP contribution in [0.15, 0.2) is 27.6 Å². The van der Waals surface area contributed by atoms with Gasteiger partial charge >= 0.3 is 11.6 Å².